The molecule has 0 saturated carbocycles. The van der Waals surface area contributed by atoms with Crippen LogP contribution in [-0.2, 0) is 13.0 Å². The highest BCUT2D eigenvalue weighted by Crippen LogP contribution is 2.19. The topological polar surface area (TPSA) is 17.8 Å². The van der Waals surface area contributed by atoms with Crippen molar-refractivity contribution in [2.45, 2.75) is 91.0 Å². The average Bonchev–Trinajstić information content (AvgIpc) is 2.93. The maximum atomic E-state index is 4.89. The van der Waals surface area contributed by atoms with E-state index >= 15 is 0 Å². The van der Waals surface area contributed by atoms with Crippen LogP contribution < -0.4 is 0 Å². The van der Waals surface area contributed by atoms with Gasteiger partial charge in [0, 0.05) is 13.0 Å². The summed E-state index contributed by atoms with van der Waals surface area (Å²) >= 11 is 0. The monoisotopic (exact) mass is 314 g/mol. The predicted molar refractivity (Wildman–Crippen MR) is 101 cm³/mol. The van der Waals surface area contributed by atoms with Crippen molar-refractivity contribution < 1.29 is 0 Å². The Hall–Kier alpha value is -1.31. The molecule has 0 fully saturated rings. The van der Waals surface area contributed by atoms with Crippen molar-refractivity contribution in [1.29, 1.82) is 0 Å². The third-order valence-corrected chi connectivity index (χ3v) is 4.72. The summed E-state index contributed by atoms with van der Waals surface area (Å²) < 4.78 is 2.46. The smallest absolute Gasteiger partial charge is 0.109 e. The Morgan fingerprint density at radius 2 is 1.43 bits per heavy atom. The van der Waals surface area contributed by atoms with E-state index in [0.717, 1.165) is 18.5 Å². The van der Waals surface area contributed by atoms with E-state index in [2.05, 4.69) is 42.7 Å². The minimum Gasteiger partial charge on any atom is -0.328 e. The number of fused-ring (bicyclic) bond motifs is 1. The lowest BCUT2D eigenvalue weighted by Crippen LogP contribution is -2.04. The van der Waals surface area contributed by atoms with Crippen molar-refractivity contribution in [2.24, 2.45) is 0 Å². The van der Waals surface area contributed by atoms with Crippen LogP contribution in [0, 0.1) is 0 Å². The third-order valence-electron chi connectivity index (χ3n) is 4.72. The van der Waals surface area contributed by atoms with Gasteiger partial charge in [-0.25, -0.2) is 4.98 Å². The first-order chi connectivity index (χ1) is 11.4. The number of unbranched alkanes of at least 4 members (excludes halogenated alkanes) is 8. The minimum atomic E-state index is 1.11. The molecule has 0 bridgehead atoms. The Morgan fingerprint density at radius 1 is 0.783 bits per heavy atom. The molecule has 1 heterocycles. The van der Waals surface area contributed by atoms with Crippen molar-refractivity contribution in [3.63, 3.8) is 0 Å². The van der Waals surface area contributed by atoms with Gasteiger partial charge in [0.2, 0.25) is 0 Å². The number of nitrogens with zero attached hydrogens (tertiary/aromatic N) is 2. The summed E-state index contributed by atoms with van der Waals surface area (Å²) in [6.07, 6.45) is 14.6. The van der Waals surface area contributed by atoms with Crippen molar-refractivity contribution >= 4 is 11.0 Å². The van der Waals surface area contributed by atoms with Gasteiger partial charge in [0.25, 0.3) is 0 Å². The van der Waals surface area contributed by atoms with Crippen LogP contribution in [0.5, 0.6) is 0 Å². The highest BCUT2D eigenvalue weighted by Gasteiger charge is 2.09. The maximum Gasteiger partial charge on any atom is 0.109 e. The van der Waals surface area contributed by atoms with Crippen LogP contribution in [0.25, 0.3) is 11.0 Å². The number of hydrogen-bond donors (Lipinski definition) is 0. The molecule has 0 N–H and O–H groups in total. The maximum absolute atomic E-state index is 4.89. The number of imidazole rings is 1. The van der Waals surface area contributed by atoms with E-state index in [9.17, 15) is 0 Å². The van der Waals surface area contributed by atoms with E-state index in [-0.39, 0.29) is 0 Å². The standard InChI is InChI=1S/C21H34N2/c1-3-5-7-8-9-10-11-12-17-21-22-19-15-13-14-16-20(19)23(21)18-6-4-2/h13-16H,3-12,17-18H2,1-2H3. The fraction of sp³-hybridized carbons (Fsp3) is 0.667. The van der Waals surface area contributed by atoms with Gasteiger partial charge in [-0.3, -0.25) is 0 Å². The fourth-order valence-corrected chi connectivity index (χ4v) is 3.30. The molecule has 0 aliphatic heterocycles. The molecule has 23 heavy (non-hydrogen) atoms. The second kappa shape index (κ2) is 10.5. The number of benzene rings is 1. The van der Waals surface area contributed by atoms with E-state index < -0.39 is 0 Å². The Morgan fingerprint density at radius 3 is 2.17 bits per heavy atom. The number of aryl methyl sites for hydroxylation is 2. The molecule has 128 valence electrons. The fourth-order valence-electron chi connectivity index (χ4n) is 3.30. The van der Waals surface area contributed by atoms with Crippen molar-refractivity contribution in [2.75, 3.05) is 0 Å². The molecular weight excluding hydrogens is 280 g/mol. The molecule has 0 atom stereocenters. The van der Waals surface area contributed by atoms with Gasteiger partial charge in [-0.2, -0.15) is 0 Å². The number of aromatic nitrogens is 2. The zero-order valence-corrected chi connectivity index (χ0v) is 15.2. The van der Waals surface area contributed by atoms with E-state index in [0.29, 0.717) is 0 Å². The molecule has 0 amide bonds. The Labute approximate surface area is 142 Å². The summed E-state index contributed by atoms with van der Waals surface area (Å²) in [5, 5.41) is 0. The van der Waals surface area contributed by atoms with Gasteiger partial charge in [0.15, 0.2) is 0 Å². The summed E-state index contributed by atoms with van der Waals surface area (Å²) in [7, 11) is 0. The number of hydrogen-bond acceptors (Lipinski definition) is 1. The molecule has 0 unspecified atom stereocenters. The highest BCUT2D eigenvalue weighted by molar-refractivity contribution is 5.75. The lowest BCUT2D eigenvalue weighted by Gasteiger charge is -2.08. The largest absolute Gasteiger partial charge is 0.328 e. The molecule has 0 radical (unpaired) electrons. The van der Waals surface area contributed by atoms with Gasteiger partial charge in [0.1, 0.15) is 5.82 Å². The first-order valence-electron chi connectivity index (χ1n) is 9.81. The molecule has 0 spiro atoms. The van der Waals surface area contributed by atoms with E-state index in [1.807, 2.05) is 0 Å². The Balaban J connectivity index is 1.82. The molecule has 0 saturated heterocycles. The first kappa shape index (κ1) is 18.0. The summed E-state index contributed by atoms with van der Waals surface area (Å²) in [4.78, 5) is 4.89. The van der Waals surface area contributed by atoms with Crippen LogP contribution in [0.4, 0.5) is 0 Å². The zero-order chi connectivity index (χ0) is 16.3. The lowest BCUT2D eigenvalue weighted by molar-refractivity contribution is 0.559. The van der Waals surface area contributed by atoms with Crippen molar-refractivity contribution in [1.82, 2.24) is 9.55 Å². The van der Waals surface area contributed by atoms with Gasteiger partial charge in [-0.15, -0.1) is 0 Å². The second-order valence-corrected chi connectivity index (χ2v) is 6.75. The zero-order valence-electron chi connectivity index (χ0n) is 15.2. The Bertz CT molecular complexity index is 556. The minimum absolute atomic E-state index is 1.11. The van der Waals surface area contributed by atoms with Gasteiger partial charge in [-0.05, 0) is 25.0 Å². The van der Waals surface area contributed by atoms with Crippen molar-refractivity contribution in [3.8, 4) is 0 Å². The molecule has 0 aliphatic rings. The number of para-hydroxylation sites is 2. The van der Waals surface area contributed by atoms with Crippen LogP contribution >= 0.6 is 0 Å². The molecule has 0 aliphatic carbocycles. The molecule has 2 nitrogen and oxygen atoms in total. The molecule has 1 aromatic carbocycles. The predicted octanol–water partition coefficient (Wildman–Crippen LogP) is 6.52. The van der Waals surface area contributed by atoms with E-state index in [4.69, 9.17) is 4.98 Å². The van der Waals surface area contributed by atoms with Crippen LogP contribution in [0.3, 0.4) is 0 Å². The highest BCUT2D eigenvalue weighted by atomic mass is 15.1. The molecular formula is C21H34N2. The SMILES string of the molecule is CCCCCCCCCCc1nc2ccccc2n1CCCC. The molecule has 1 aromatic heterocycles. The van der Waals surface area contributed by atoms with Crippen LogP contribution in [0.1, 0.15) is 83.9 Å². The van der Waals surface area contributed by atoms with Gasteiger partial charge in [-0.1, -0.05) is 77.3 Å². The van der Waals surface area contributed by atoms with Crippen LogP contribution in [0.15, 0.2) is 24.3 Å². The average molecular weight is 315 g/mol. The van der Waals surface area contributed by atoms with Crippen LogP contribution in [-0.4, -0.2) is 9.55 Å². The second-order valence-electron chi connectivity index (χ2n) is 6.75. The molecule has 2 heteroatoms. The first-order valence-corrected chi connectivity index (χ1v) is 9.81. The third kappa shape index (κ3) is 5.67. The molecule has 2 rings (SSSR count). The number of rotatable bonds is 12. The quantitative estimate of drug-likeness (QED) is 0.408. The van der Waals surface area contributed by atoms with E-state index in [1.54, 1.807) is 0 Å². The van der Waals surface area contributed by atoms with E-state index in [1.165, 1.54) is 75.5 Å². The van der Waals surface area contributed by atoms with Gasteiger partial charge < -0.3 is 4.57 Å². The summed E-state index contributed by atoms with van der Waals surface area (Å²) in [5.41, 5.74) is 2.48. The lowest BCUT2D eigenvalue weighted by atomic mass is 10.1. The summed E-state index contributed by atoms with van der Waals surface area (Å²) in [5.74, 6) is 1.30. The van der Waals surface area contributed by atoms with Crippen molar-refractivity contribution in [3.05, 3.63) is 30.1 Å². The van der Waals surface area contributed by atoms with Crippen LogP contribution in [0.2, 0.25) is 0 Å². The Kier molecular flexibility index (Phi) is 8.20. The summed E-state index contributed by atoms with van der Waals surface area (Å²) in [6, 6.07) is 8.59. The van der Waals surface area contributed by atoms with Gasteiger partial charge in [0.05, 0.1) is 11.0 Å². The normalized spacial score (nSPS) is 11.4. The molecule has 2 aromatic rings. The summed E-state index contributed by atoms with van der Waals surface area (Å²) in [6.45, 7) is 5.66. The van der Waals surface area contributed by atoms with Gasteiger partial charge >= 0.3 is 0 Å².